The van der Waals surface area contributed by atoms with Crippen LogP contribution in [0.4, 0.5) is 5.69 Å². The van der Waals surface area contributed by atoms with Gasteiger partial charge in [0.05, 0.1) is 17.7 Å². The van der Waals surface area contributed by atoms with E-state index in [0.717, 1.165) is 16.3 Å². The number of nitrogens with zero attached hydrogens (tertiary/aromatic N) is 2. The van der Waals surface area contributed by atoms with Crippen molar-refractivity contribution in [2.24, 2.45) is 0 Å². The molecule has 41 heavy (non-hydrogen) atoms. The number of ether oxygens (including phenoxy) is 1. The molecule has 0 aliphatic carbocycles. The number of carbonyl (C=O) groups excluding carboxylic acids is 2. The Morgan fingerprint density at radius 2 is 1.63 bits per heavy atom. The van der Waals surface area contributed by atoms with Crippen molar-refractivity contribution in [3.8, 4) is 5.75 Å². The molecule has 10 heteroatoms. The molecule has 0 radical (unpaired) electrons. The Morgan fingerprint density at radius 3 is 2.24 bits per heavy atom. The van der Waals surface area contributed by atoms with Crippen molar-refractivity contribution in [1.29, 1.82) is 0 Å². The van der Waals surface area contributed by atoms with E-state index in [0.29, 0.717) is 22.8 Å². The fourth-order valence-electron chi connectivity index (χ4n) is 4.40. The zero-order chi connectivity index (χ0) is 30.2. The van der Waals surface area contributed by atoms with E-state index in [2.05, 4.69) is 5.32 Å². The minimum atomic E-state index is -4.21. The van der Waals surface area contributed by atoms with Gasteiger partial charge in [-0.25, -0.2) is 8.42 Å². The number of amides is 2. The summed E-state index contributed by atoms with van der Waals surface area (Å²) in [5.74, 6) is -0.575. The molecule has 3 rings (SSSR count). The summed E-state index contributed by atoms with van der Waals surface area (Å²) in [7, 11) is -2.77. The van der Waals surface area contributed by atoms with E-state index in [-0.39, 0.29) is 29.1 Å². The first kappa shape index (κ1) is 32.0. The zero-order valence-corrected chi connectivity index (χ0v) is 25.7. The summed E-state index contributed by atoms with van der Waals surface area (Å²) in [6.07, 6.45) is 1.04. The van der Waals surface area contributed by atoms with Crippen LogP contribution in [0.5, 0.6) is 5.75 Å². The van der Waals surface area contributed by atoms with Crippen LogP contribution in [0, 0.1) is 6.92 Å². The van der Waals surface area contributed by atoms with Gasteiger partial charge in [-0.1, -0.05) is 67.9 Å². The monoisotopic (exact) mass is 599 g/mol. The number of benzene rings is 3. The minimum Gasteiger partial charge on any atom is -0.495 e. The van der Waals surface area contributed by atoms with Crippen LogP contribution in [0.15, 0.2) is 77.7 Å². The maximum Gasteiger partial charge on any atom is 0.264 e. The molecule has 0 spiro atoms. The van der Waals surface area contributed by atoms with E-state index >= 15 is 0 Å². The molecule has 0 bridgehead atoms. The highest BCUT2D eigenvalue weighted by Gasteiger charge is 2.35. The minimum absolute atomic E-state index is 0.0229. The lowest BCUT2D eigenvalue weighted by Gasteiger charge is -2.34. The van der Waals surface area contributed by atoms with Gasteiger partial charge in [0.25, 0.3) is 10.0 Å². The number of carbonyl (C=O) groups is 2. The Balaban J connectivity index is 2.13. The molecule has 3 aromatic rings. The van der Waals surface area contributed by atoms with Crippen molar-refractivity contribution in [3.05, 3.63) is 88.9 Å². The molecular formula is C31H38ClN3O5S. The molecule has 0 fully saturated rings. The van der Waals surface area contributed by atoms with E-state index in [9.17, 15) is 18.0 Å². The van der Waals surface area contributed by atoms with E-state index in [1.165, 1.54) is 24.1 Å². The second-order valence-corrected chi connectivity index (χ2v) is 12.1. The molecular weight excluding hydrogens is 562 g/mol. The first-order valence-electron chi connectivity index (χ1n) is 13.6. The van der Waals surface area contributed by atoms with Gasteiger partial charge in [0, 0.05) is 17.6 Å². The molecule has 3 aromatic carbocycles. The quantitative estimate of drug-likeness (QED) is 0.277. The zero-order valence-electron chi connectivity index (χ0n) is 24.1. The van der Waals surface area contributed by atoms with Gasteiger partial charge in [-0.05, 0) is 68.1 Å². The maximum atomic E-state index is 14.2. The van der Waals surface area contributed by atoms with Crippen molar-refractivity contribution in [2.75, 3.05) is 18.0 Å². The molecule has 0 saturated carbocycles. The summed E-state index contributed by atoms with van der Waals surface area (Å²) >= 11 is 6.46. The number of methoxy groups -OCH3 is 1. The van der Waals surface area contributed by atoms with Gasteiger partial charge in [0.15, 0.2) is 0 Å². The average Bonchev–Trinajstić information content (AvgIpc) is 2.96. The van der Waals surface area contributed by atoms with Crippen LogP contribution in [-0.4, -0.2) is 50.9 Å². The second kappa shape index (κ2) is 14.4. The third-order valence-electron chi connectivity index (χ3n) is 6.90. The first-order valence-corrected chi connectivity index (χ1v) is 15.4. The van der Waals surface area contributed by atoms with Gasteiger partial charge < -0.3 is 15.0 Å². The number of rotatable bonds is 13. The summed E-state index contributed by atoms with van der Waals surface area (Å²) in [4.78, 5) is 29.1. The van der Waals surface area contributed by atoms with Crippen molar-refractivity contribution in [3.63, 3.8) is 0 Å². The van der Waals surface area contributed by atoms with E-state index in [4.69, 9.17) is 16.3 Å². The van der Waals surface area contributed by atoms with Crippen molar-refractivity contribution in [1.82, 2.24) is 10.2 Å². The maximum absolute atomic E-state index is 14.2. The van der Waals surface area contributed by atoms with Crippen molar-refractivity contribution in [2.45, 2.75) is 64.1 Å². The topological polar surface area (TPSA) is 96.0 Å². The number of hydrogen-bond acceptors (Lipinski definition) is 5. The molecule has 2 atom stereocenters. The summed E-state index contributed by atoms with van der Waals surface area (Å²) in [5.41, 5.74) is 1.65. The summed E-state index contributed by atoms with van der Waals surface area (Å²) in [6.45, 7) is 6.96. The third-order valence-corrected chi connectivity index (χ3v) is 9.04. The molecule has 1 N–H and O–H groups in total. The third kappa shape index (κ3) is 7.80. The summed E-state index contributed by atoms with van der Waals surface area (Å²) in [5, 5.41) is 3.41. The van der Waals surface area contributed by atoms with E-state index in [1.807, 2.05) is 27.7 Å². The smallest absolute Gasteiger partial charge is 0.264 e. The predicted molar refractivity (Wildman–Crippen MR) is 163 cm³/mol. The molecule has 0 heterocycles. The molecule has 0 saturated heterocycles. The van der Waals surface area contributed by atoms with Crippen LogP contribution in [0.25, 0.3) is 0 Å². The second-order valence-electron chi connectivity index (χ2n) is 9.86. The average molecular weight is 600 g/mol. The van der Waals surface area contributed by atoms with Crippen LogP contribution in [-0.2, 0) is 26.2 Å². The Kier molecular flexibility index (Phi) is 11.2. The predicted octanol–water partition coefficient (Wildman–Crippen LogP) is 5.57. The highest BCUT2D eigenvalue weighted by molar-refractivity contribution is 7.92. The van der Waals surface area contributed by atoms with Gasteiger partial charge in [0.1, 0.15) is 18.3 Å². The number of anilines is 1. The lowest BCUT2D eigenvalue weighted by molar-refractivity contribution is -0.140. The van der Waals surface area contributed by atoms with Gasteiger partial charge in [-0.15, -0.1) is 0 Å². The Labute approximate surface area is 248 Å². The number of nitrogens with one attached hydrogen (secondary N) is 1. The van der Waals surface area contributed by atoms with Crippen LogP contribution < -0.4 is 14.4 Å². The number of halogens is 1. The lowest BCUT2D eigenvalue weighted by Crippen LogP contribution is -2.53. The molecule has 8 nitrogen and oxygen atoms in total. The van der Waals surface area contributed by atoms with Crippen molar-refractivity contribution < 1.29 is 22.7 Å². The van der Waals surface area contributed by atoms with Crippen LogP contribution >= 0.6 is 11.6 Å². The van der Waals surface area contributed by atoms with Gasteiger partial charge in [0.2, 0.25) is 11.8 Å². The largest absolute Gasteiger partial charge is 0.495 e. The molecule has 2 unspecified atom stereocenters. The fourth-order valence-corrected chi connectivity index (χ4v) is 6.03. The molecule has 0 aliphatic heterocycles. The molecule has 220 valence electrons. The summed E-state index contributed by atoms with van der Waals surface area (Å²) in [6, 6.07) is 19.2. The van der Waals surface area contributed by atoms with Gasteiger partial charge in [-0.3, -0.25) is 13.9 Å². The first-order chi connectivity index (χ1) is 19.5. The highest BCUT2D eigenvalue weighted by atomic mass is 35.5. The van der Waals surface area contributed by atoms with E-state index in [1.54, 1.807) is 60.7 Å². The summed E-state index contributed by atoms with van der Waals surface area (Å²) < 4.78 is 34.6. The Hall–Kier alpha value is -3.56. The van der Waals surface area contributed by atoms with Gasteiger partial charge in [-0.2, -0.15) is 0 Å². The highest BCUT2D eigenvalue weighted by Crippen LogP contribution is 2.34. The molecule has 2 amide bonds. The number of aryl methyl sites for hydroxylation is 1. The van der Waals surface area contributed by atoms with Crippen LogP contribution in [0.2, 0.25) is 5.02 Å². The van der Waals surface area contributed by atoms with Crippen LogP contribution in [0.1, 0.15) is 44.7 Å². The Morgan fingerprint density at radius 1 is 0.976 bits per heavy atom. The SMILES string of the molecule is CCC(C)NC(=O)C(CC)N(Cc1ccccc1Cl)C(=O)CN(c1cc(C)ccc1OC)S(=O)(=O)c1ccccc1. The van der Waals surface area contributed by atoms with Crippen LogP contribution in [0.3, 0.4) is 0 Å². The molecule has 0 aliphatic rings. The normalized spacial score (nSPS) is 12.7. The van der Waals surface area contributed by atoms with E-state index < -0.39 is 28.5 Å². The standard InChI is InChI=1S/C31H38ClN3O5S/c1-6-23(4)33-31(37)27(7-2)34(20-24-13-11-12-16-26(24)32)30(36)21-35(28-19-22(3)17-18-29(28)40-5)41(38,39)25-14-9-8-10-15-25/h8-19,23,27H,6-7,20-21H2,1-5H3,(H,33,37). The number of hydrogen-bond donors (Lipinski definition) is 1. The van der Waals surface area contributed by atoms with Gasteiger partial charge >= 0.3 is 0 Å². The number of sulfonamides is 1. The van der Waals surface area contributed by atoms with Crippen molar-refractivity contribution >= 4 is 39.1 Å². The fraction of sp³-hybridized carbons (Fsp3) is 0.355. The lowest BCUT2D eigenvalue weighted by atomic mass is 10.1. The molecule has 0 aromatic heterocycles. The Bertz CT molecular complexity index is 1450.